The summed E-state index contributed by atoms with van der Waals surface area (Å²) in [4.78, 5) is 6.57. The van der Waals surface area contributed by atoms with Crippen LogP contribution in [0.15, 0.2) is 0 Å². The van der Waals surface area contributed by atoms with Crippen LogP contribution < -0.4 is 0 Å². The minimum atomic E-state index is -6.41. The van der Waals surface area contributed by atoms with Crippen molar-refractivity contribution in [1.29, 1.82) is 0 Å². The van der Waals surface area contributed by atoms with Crippen molar-refractivity contribution < 1.29 is 35.7 Å². The van der Waals surface area contributed by atoms with Crippen LogP contribution >= 0.6 is 0 Å². The van der Waals surface area contributed by atoms with Gasteiger partial charge in [0.2, 0.25) is 0 Å². The molecule has 1 unspecified atom stereocenters. The predicted octanol–water partition coefficient (Wildman–Crippen LogP) is 2.48. The summed E-state index contributed by atoms with van der Waals surface area (Å²) in [7, 11) is 0. The van der Waals surface area contributed by atoms with Crippen molar-refractivity contribution in [2.45, 2.75) is 31.0 Å². The van der Waals surface area contributed by atoms with Crippen LogP contribution in [-0.2, 0) is 0 Å². The summed E-state index contributed by atoms with van der Waals surface area (Å²) >= 11 is 0. The lowest BCUT2D eigenvalue weighted by Crippen LogP contribution is -2.60. The lowest BCUT2D eigenvalue weighted by Gasteiger charge is -2.27. The third kappa shape index (κ3) is 1.84. The lowest BCUT2D eigenvalue weighted by molar-refractivity contribution is -0.684. The number of nitro groups is 1. The van der Waals surface area contributed by atoms with E-state index in [1.807, 2.05) is 0 Å². The van der Waals surface area contributed by atoms with E-state index in [1.165, 1.54) is 0 Å². The topological polar surface area (TPSA) is 43.1 Å². The lowest BCUT2D eigenvalue weighted by atomic mass is 10.1. The molecule has 0 spiro atoms. The maximum Gasteiger partial charge on any atom is 0.582 e. The van der Waals surface area contributed by atoms with Crippen LogP contribution in [0.25, 0.3) is 0 Å². The summed E-state index contributed by atoms with van der Waals surface area (Å²) in [5, 5.41) is 9.46. The molecule has 0 aromatic carbocycles. The first-order valence-electron chi connectivity index (χ1n) is 3.31. The number of rotatable bonds is 4. The van der Waals surface area contributed by atoms with E-state index in [9.17, 15) is 40.8 Å². The third-order valence-electron chi connectivity index (χ3n) is 1.53. The first-order chi connectivity index (χ1) is 6.39. The van der Waals surface area contributed by atoms with Gasteiger partial charge >= 0.3 is 17.9 Å². The summed E-state index contributed by atoms with van der Waals surface area (Å²) in [6.45, 7) is -0.107. The molecule has 0 radical (unpaired) electrons. The average molecular weight is 243 g/mol. The van der Waals surface area contributed by atoms with E-state index < -0.39 is 29.0 Å². The number of alkyl halides is 7. The van der Waals surface area contributed by atoms with Crippen LogP contribution in [0.3, 0.4) is 0 Å². The molecule has 0 bridgehead atoms. The summed E-state index contributed by atoms with van der Waals surface area (Å²) in [5.41, 5.74) is 0. The van der Waals surface area contributed by atoms with Gasteiger partial charge in [-0.3, -0.25) is 10.1 Å². The van der Waals surface area contributed by atoms with Gasteiger partial charge in [0.15, 0.2) is 6.17 Å². The number of nitrogens with zero attached hydrogens (tertiary/aromatic N) is 1. The molecular formula is C5H4F7NO2. The van der Waals surface area contributed by atoms with Gasteiger partial charge in [-0.25, -0.2) is 4.39 Å². The van der Waals surface area contributed by atoms with E-state index in [1.54, 1.807) is 0 Å². The average Bonchev–Trinajstić information content (AvgIpc) is 2.02. The Hall–Kier alpha value is -1.09. The molecular weight excluding hydrogens is 239 g/mol. The summed E-state index contributed by atoms with van der Waals surface area (Å²) in [5.74, 6) is -12.2. The zero-order chi connectivity index (χ0) is 12.7. The van der Waals surface area contributed by atoms with E-state index in [-0.39, 0.29) is 6.92 Å². The molecule has 0 saturated heterocycles. The van der Waals surface area contributed by atoms with Crippen molar-refractivity contribution in [2.75, 3.05) is 0 Å². The first-order valence-corrected chi connectivity index (χ1v) is 3.31. The molecule has 3 nitrogen and oxygen atoms in total. The Balaban J connectivity index is 5.40. The molecule has 1 atom stereocenters. The Morgan fingerprint density at radius 3 is 1.67 bits per heavy atom. The Bertz CT molecular complexity index is 264. The van der Waals surface area contributed by atoms with Gasteiger partial charge in [0.1, 0.15) is 4.92 Å². The van der Waals surface area contributed by atoms with Crippen LogP contribution in [-0.4, -0.2) is 29.0 Å². The highest BCUT2D eigenvalue weighted by Crippen LogP contribution is 2.48. The van der Waals surface area contributed by atoms with Gasteiger partial charge in [-0.15, -0.1) is 8.78 Å². The second-order valence-corrected chi connectivity index (χ2v) is 2.61. The van der Waals surface area contributed by atoms with Gasteiger partial charge in [0, 0.05) is 0 Å². The van der Waals surface area contributed by atoms with Crippen LogP contribution in [0.5, 0.6) is 0 Å². The largest absolute Gasteiger partial charge is 0.582 e. The number of halogens is 7. The second-order valence-electron chi connectivity index (χ2n) is 2.61. The minimum absolute atomic E-state index is 0.107. The van der Waals surface area contributed by atoms with Crippen LogP contribution in [0.1, 0.15) is 6.92 Å². The van der Waals surface area contributed by atoms with Crippen molar-refractivity contribution in [1.82, 2.24) is 0 Å². The molecule has 10 heteroatoms. The van der Waals surface area contributed by atoms with Crippen molar-refractivity contribution in [3.8, 4) is 0 Å². The van der Waals surface area contributed by atoms with Crippen LogP contribution in [0, 0.1) is 10.1 Å². The van der Waals surface area contributed by atoms with Crippen molar-refractivity contribution in [3.05, 3.63) is 10.1 Å². The Kier molecular flexibility index (Phi) is 3.24. The van der Waals surface area contributed by atoms with Crippen molar-refractivity contribution in [3.63, 3.8) is 0 Å². The molecule has 0 fully saturated rings. The molecule has 15 heavy (non-hydrogen) atoms. The molecule has 0 saturated carbocycles. The summed E-state index contributed by atoms with van der Waals surface area (Å²) in [6.07, 6.45) is -3.65. The molecule has 0 aliphatic rings. The normalized spacial score (nSPS) is 16.3. The number of hydrogen-bond acceptors (Lipinski definition) is 2. The monoisotopic (exact) mass is 243 g/mol. The molecule has 90 valence electrons. The maximum atomic E-state index is 12.3. The van der Waals surface area contributed by atoms with Gasteiger partial charge < -0.3 is 0 Å². The van der Waals surface area contributed by atoms with E-state index in [2.05, 4.69) is 0 Å². The van der Waals surface area contributed by atoms with Gasteiger partial charge in [-0.05, 0) is 6.92 Å². The van der Waals surface area contributed by atoms with Gasteiger partial charge in [-0.2, -0.15) is 17.6 Å². The fourth-order valence-electron chi connectivity index (χ4n) is 0.565. The van der Waals surface area contributed by atoms with Gasteiger partial charge in [0.05, 0.1) is 0 Å². The van der Waals surface area contributed by atoms with E-state index in [4.69, 9.17) is 0 Å². The zero-order valence-electron chi connectivity index (χ0n) is 6.99. The quantitative estimate of drug-likeness (QED) is 0.329. The molecule has 0 amide bonds. The summed E-state index contributed by atoms with van der Waals surface area (Å²) in [6, 6.07) is -6.24. The highest BCUT2D eigenvalue weighted by molar-refractivity contribution is 4.94. The Labute approximate surface area is 78.0 Å². The maximum absolute atomic E-state index is 12.3. The molecule has 0 aliphatic carbocycles. The van der Waals surface area contributed by atoms with E-state index in [0.29, 0.717) is 0 Å². The predicted molar refractivity (Wildman–Crippen MR) is 32.4 cm³/mol. The summed E-state index contributed by atoms with van der Waals surface area (Å²) < 4.78 is 85.3. The van der Waals surface area contributed by atoms with Gasteiger partial charge in [-0.1, -0.05) is 0 Å². The zero-order valence-corrected chi connectivity index (χ0v) is 6.99. The molecule has 0 aromatic heterocycles. The SMILES string of the molecule is CC(F)C(F)(F)C(F)(F)C(F)(F)[N+](=O)[O-]. The van der Waals surface area contributed by atoms with Crippen molar-refractivity contribution >= 4 is 0 Å². The fraction of sp³-hybridized carbons (Fsp3) is 1.00. The Morgan fingerprint density at radius 1 is 1.13 bits per heavy atom. The smallest absolute Gasteiger partial charge is 0.259 e. The van der Waals surface area contributed by atoms with Crippen LogP contribution in [0.4, 0.5) is 30.7 Å². The highest BCUT2D eigenvalue weighted by Gasteiger charge is 2.82. The third-order valence-corrected chi connectivity index (χ3v) is 1.53. The Morgan fingerprint density at radius 2 is 1.47 bits per heavy atom. The first kappa shape index (κ1) is 13.9. The highest BCUT2D eigenvalue weighted by atomic mass is 19.3. The number of hydrogen-bond donors (Lipinski definition) is 0. The molecule has 0 heterocycles. The van der Waals surface area contributed by atoms with E-state index >= 15 is 0 Å². The molecule has 0 N–H and O–H groups in total. The van der Waals surface area contributed by atoms with Crippen LogP contribution in [0.2, 0.25) is 0 Å². The van der Waals surface area contributed by atoms with Crippen molar-refractivity contribution in [2.24, 2.45) is 0 Å². The molecule has 0 rings (SSSR count). The second kappa shape index (κ2) is 3.49. The van der Waals surface area contributed by atoms with E-state index in [0.717, 1.165) is 0 Å². The minimum Gasteiger partial charge on any atom is -0.259 e. The standard InChI is InChI=1S/C5H4F7NO2/c1-2(6)3(7,8)4(9,10)5(11,12)13(14)15/h2H,1H3. The molecule has 0 aliphatic heterocycles. The fourth-order valence-corrected chi connectivity index (χ4v) is 0.565. The molecule has 0 aromatic rings. The van der Waals surface area contributed by atoms with Gasteiger partial charge in [0.25, 0.3) is 0 Å².